The molecule has 1 heterocycles. The van der Waals surface area contributed by atoms with Crippen molar-refractivity contribution < 1.29 is 0 Å². The minimum atomic E-state index is -0.118. The summed E-state index contributed by atoms with van der Waals surface area (Å²) in [6, 6.07) is 48.1. The van der Waals surface area contributed by atoms with E-state index in [0.29, 0.717) is 0 Å². The minimum Gasteiger partial charge on any atom is -0.308 e. The highest BCUT2D eigenvalue weighted by Crippen LogP contribution is 2.55. The van der Waals surface area contributed by atoms with Crippen LogP contribution < -0.4 is 4.90 Å². The molecule has 2 aliphatic carbocycles. The fourth-order valence-corrected chi connectivity index (χ4v) is 10.0. The van der Waals surface area contributed by atoms with Crippen LogP contribution in [0.5, 0.6) is 0 Å². The van der Waals surface area contributed by atoms with Gasteiger partial charge in [-0.15, -0.1) is 11.3 Å². The molecular formula is C47H43NS. The van der Waals surface area contributed by atoms with Crippen LogP contribution in [0.2, 0.25) is 0 Å². The number of nitrogens with zero attached hydrogens (tertiary/aromatic N) is 1. The standard InChI is InChI=1S/C47H43NS/c1-45(2)25-26-46(3,4)40-27-30(23-24-38(40)45)35-28-36-32-17-10-12-20-37(32)47(5,6)39(36)29-42(35)48(31-15-8-7-9-16-31)41-21-14-19-34-33-18-11-13-22-43(33)49-44(34)41/h7-24,27-29H,25-26H2,1-6H3. The number of fused-ring (bicyclic) bond motifs is 7. The molecule has 0 N–H and O–H groups in total. The van der Waals surface area contributed by atoms with Crippen molar-refractivity contribution in [3.8, 4) is 22.3 Å². The number of thiophene rings is 1. The Morgan fingerprint density at radius 3 is 2.00 bits per heavy atom. The molecule has 2 aliphatic rings. The lowest BCUT2D eigenvalue weighted by atomic mass is 9.63. The summed E-state index contributed by atoms with van der Waals surface area (Å²) in [4.78, 5) is 2.54. The van der Waals surface area contributed by atoms with Gasteiger partial charge in [-0.1, -0.05) is 133 Å². The van der Waals surface area contributed by atoms with Gasteiger partial charge in [-0.3, -0.25) is 0 Å². The van der Waals surface area contributed by atoms with Crippen molar-refractivity contribution in [1.29, 1.82) is 0 Å². The summed E-state index contributed by atoms with van der Waals surface area (Å²) in [5.74, 6) is 0. The Labute approximate surface area is 294 Å². The third kappa shape index (κ3) is 4.57. The summed E-state index contributed by atoms with van der Waals surface area (Å²) < 4.78 is 2.64. The summed E-state index contributed by atoms with van der Waals surface area (Å²) in [6.45, 7) is 14.5. The van der Waals surface area contributed by atoms with Crippen LogP contribution in [0.15, 0.2) is 127 Å². The van der Waals surface area contributed by atoms with Gasteiger partial charge >= 0.3 is 0 Å². The largest absolute Gasteiger partial charge is 0.308 e. The topological polar surface area (TPSA) is 3.24 Å². The van der Waals surface area contributed by atoms with Gasteiger partial charge in [0.2, 0.25) is 0 Å². The minimum absolute atomic E-state index is 0.118. The number of anilines is 3. The van der Waals surface area contributed by atoms with E-state index in [2.05, 4.69) is 174 Å². The zero-order chi connectivity index (χ0) is 33.7. The number of para-hydroxylation sites is 1. The number of rotatable bonds is 4. The van der Waals surface area contributed by atoms with Crippen LogP contribution in [-0.2, 0) is 16.2 Å². The molecule has 0 radical (unpaired) electrons. The number of hydrogen-bond acceptors (Lipinski definition) is 2. The average molecular weight is 654 g/mol. The first-order valence-corrected chi connectivity index (χ1v) is 18.6. The lowest BCUT2D eigenvalue weighted by molar-refractivity contribution is 0.332. The quantitative estimate of drug-likeness (QED) is 0.183. The molecule has 2 heteroatoms. The first kappa shape index (κ1) is 30.4. The molecule has 0 amide bonds. The maximum Gasteiger partial charge on any atom is 0.0640 e. The molecule has 0 atom stereocenters. The molecule has 242 valence electrons. The third-order valence-electron chi connectivity index (χ3n) is 11.7. The van der Waals surface area contributed by atoms with Gasteiger partial charge < -0.3 is 4.90 Å². The molecule has 49 heavy (non-hydrogen) atoms. The Bertz CT molecular complexity index is 2420. The predicted molar refractivity (Wildman–Crippen MR) is 212 cm³/mol. The highest BCUT2D eigenvalue weighted by atomic mass is 32.1. The fourth-order valence-electron chi connectivity index (χ4n) is 8.80. The van der Waals surface area contributed by atoms with E-state index < -0.39 is 0 Å². The number of hydrogen-bond donors (Lipinski definition) is 0. The SMILES string of the molecule is CC1(C)CCC(C)(C)c2cc(-c3cc4c(cc3N(c3ccccc3)c3cccc5c3sc3ccccc35)C(C)(C)c3ccccc3-4)ccc21. The zero-order valence-electron chi connectivity index (χ0n) is 29.4. The van der Waals surface area contributed by atoms with Gasteiger partial charge in [0.15, 0.2) is 0 Å². The average Bonchev–Trinajstić information content (AvgIpc) is 3.60. The van der Waals surface area contributed by atoms with Crippen LogP contribution >= 0.6 is 11.3 Å². The highest BCUT2D eigenvalue weighted by molar-refractivity contribution is 7.26. The van der Waals surface area contributed by atoms with Crippen LogP contribution in [0.25, 0.3) is 42.4 Å². The van der Waals surface area contributed by atoms with Crippen molar-refractivity contribution in [2.24, 2.45) is 0 Å². The van der Waals surface area contributed by atoms with E-state index in [0.717, 1.165) is 0 Å². The molecular weight excluding hydrogens is 611 g/mol. The van der Waals surface area contributed by atoms with Gasteiger partial charge in [0.25, 0.3) is 0 Å². The molecule has 0 unspecified atom stereocenters. The Hall–Kier alpha value is -4.66. The molecule has 0 spiro atoms. The van der Waals surface area contributed by atoms with E-state index in [1.54, 1.807) is 0 Å². The van der Waals surface area contributed by atoms with Gasteiger partial charge in [-0.2, -0.15) is 0 Å². The normalized spacial score (nSPS) is 16.7. The maximum atomic E-state index is 2.54. The van der Waals surface area contributed by atoms with E-state index in [9.17, 15) is 0 Å². The fraction of sp³-hybridized carbons (Fsp3) is 0.234. The first-order chi connectivity index (χ1) is 23.5. The van der Waals surface area contributed by atoms with Crippen LogP contribution in [0.1, 0.15) is 76.6 Å². The van der Waals surface area contributed by atoms with Gasteiger partial charge in [-0.25, -0.2) is 0 Å². The van der Waals surface area contributed by atoms with Gasteiger partial charge in [0, 0.05) is 32.1 Å². The summed E-state index contributed by atoms with van der Waals surface area (Å²) in [6.07, 6.45) is 2.41. The van der Waals surface area contributed by atoms with Crippen molar-refractivity contribution in [2.75, 3.05) is 4.90 Å². The van der Waals surface area contributed by atoms with E-state index >= 15 is 0 Å². The molecule has 0 bridgehead atoms. The predicted octanol–water partition coefficient (Wildman–Crippen LogP) is 13.8. The van der Waals surface area contributed by atoms with Crippen molar-refractivity contribution in [2.45, 2.75) is 70.6 Å². The molecule has 6 aromatic carbocycles. The molecule has 0 fully saturated rings. The third-order valence-corrected chi connectivity index (χ3v) is 13.0. The van der Waals surface area contributed by atoms with Crippen LogP contribution in [0.3, 0.4) is 0 Å². The van der Waals surface area contributed by atoms with Crippen molar-refractivity contribution >= 4 is 48.6 Å². The molecule has 1 aromatic heterocycles. The molecule has 0 saturated heterocycles. The monoisotopic (exact) mass is 653 g/mol. The molecule has 9 rings (SSSR count). The van der Waals surface area contributed by atoms with E-state index in [1.165, 1.54) is 94.6 Å². The number of benzene rings is 6. The van der Waals surface area contributed by atoms with Gasteiger partial charge in [0.05, 0.1) is 16.1 Å². The summed E-state index contributed by atoms with van der Waals surface area (Å²) in [5.41, 5.74) is 14.8. The Morgan fingerprint density at radius 1 is 0.490 bits per heavy atom. The zero-order valence-corrected chi connectivity index (χ0v) is 30.2. The summed E-state index contributed by atoms with van der Waals surface area (Å²) in [7, 11) is 0. The van der Waals surface area contributed by atoms with Crippen LogP contribution in [0.4, 0.5) is 17.1 Å². The Morgan fingerprint density at radius 2 is 1.18 bits per heavy atom. The second-order valence-electron chi connectivity index (χ2n) is 16.0. The molecule has 0 saturated carbocycles. The van der Waals surface area contributed by atoms with Crippen molar-refractivity contribution in [3.63, 3.8) is 0 Å². The maximum absolute atomic E-state index is 2.54. The van der Waals surface area contributed by atoms with Gasteiger partial charge in [-0.05, 0) is 99.0 Å². The summed E-state index contributed by atoms with van der Waals surface area (Å²) in [5, 5.41) is 2.63. The highest BCUT2D eigenvalue weighted by Gasteiger charge is 2.39. The van der Waals surface area contributed by atoms with Crippen molar-refractivity contribution in [1.82, 2.24) is 0 Å². The van der Waals surface area contributed by atoms with Gasteiger partial charge in [0.1, 0.15) is 0 Å². The molecule has 1 nitrogen and oxygen atoms in total. The first-order valence-electron chi connectivity index (χ1n) is 17.7. The second kappa shape index (κ2) is 10.7. The van der Waals surface area contributed by atoms with Crippen LogP contribution in [-0.4, -0.2) is 0 Å². The van der Waals surface area contributed by atoms with Crippen molar-refractivity contribution in [3.05, 3.63) is 150 Å². The summed E-state index contributed by atoms with van der Waals surface area (Å²) >= 11 is 1.90. The molecule has 0 aliphatic heterocycles. The Kier molecular flexibility index (Phi) is 6.62. The smallest absolute Gasteiger partial charge is 0.0640 e. The Balaban J connectivity index is 1.38. The van der Waals surface area contributed by atoms with E-state index in [1.807, 2.05) is 11.3 Å². The lowest BCUT2D eigenvalue weighted by Gasteiger charge is -2.42. The second-order valence-corrected chi connectivity index (χ2v) is 17.1. The van der Waals surface area contributed by atoms with Crippen LogP contribution in [0, 0.1) is 0 Å². The van der Waals surface area contributed by atoms with E-state index in [-0.39, 0.29) is 16.2 Å². The van der Waals surface area contributed by atoms with E-state index in [4.69, 9.17) is 0 Å². The molecule has 7 aromatic rings. The lowest BCUT2D eigenvalue weighted by Crippen LogP contribution is -2.33.